The van der Waals surface area contributed by atoms with Crippen molar-refractivity contribution in [1.29, 1.82) is 0 Å². The Balaban J connectivity index is 1.82. The van der Waals surface area contributed by atoms with Gasteiger partial charge in [-0.15, -0.1) is 0 Å². The van der Waals surface area contributed by atoms with E-state index >= 15 is 0 Å². The lowest BCUT2D eigenvalue weighted by molar-refractivity contribution is -0.117. The fourth-order valence-corrected chi connectivity index (χ4v) is 5.43. The molecule has 0 unspecified atom stereocenters. The third kappa shape index (κ3) is 2.36. The number of aryl methyl sites for hydroxylation is 1. The summed E-state index contributed by atoms with van der Waals surface area (Å²) in [5.41, 5.74) is 6.33. The van der Waals surface area contributed by atoms with Crippen molar-refractivity contribution in [3.8, 4) is 0 Å². The highest BCUT2D eigenvalue weighted by molar-refractivity contribution is 6.07. The van der Waals surface area contributed by atoms with Crippen molar-refractivity contribution < 1.29 is 9.59 Å². The Morgan fingerprint density at radius 2 is 1.54 bits per heavy atom. The summed E-state index contributed by atoms with van der Waals surface area (Å²) in [6.45, 7) is 3.00. The van der Waals surface area contributed by atoms with E-state index in [1.54, 1.807) is 0 Å². The second-order valence-corrected chi connectivity index (χ2v) is 8.15. The van der Waals surface area contributed by atoms with E-state index in [9.17, 15) is 9.59 Å². The largest absolute Gasteiger partial charge is 0.351 e. The van der Waals surface area contributed by atoms with Gasteiger partial charge in [-0.25, -0.2) is 0 Å². The summed E-state index contributed by atoms with van der Waals surface area (Å²) in [5.74, 6) is 0.229. The van der Waals surface area contributed by atoms with Crippen molar-refractivity contribution in [1.82, 2.24) is 9.47 Å². The van der Waals surface area contributed by atoms with Gasteiger partial charge in [-0.2, -0.15) is 0 Å². The van der Waals surface area contributed by atoms with E-state index in [0.29, 0.717) is 12.8 Å². The zero-order valence-corrected chi connectivity index (χ0v) is 16.6. The number of Topliss-reactive ketones (excluding diaryl/α,β-unsaturated/α-hetero) is 2. The normalized spacial score (nSPS) is 20.9. The van der Waals surface area contributed by atoms with Crippen LogP contribution in [0.2, 0.25) is 0 Å². The second-order valence-electron chi connectivity index (χ2n) is 8.15. The maximum atomic E-state index is 13.1. The molecule has 1 aromatic carbocycles. The van der Waals surface area contributed by atoms with Crippen LogP contribution in [0.4, 0.5) is 0 Å². The zero-order valence-electron chi connectivity index (χ0n) is 16.6. The molecule has 1 aliphatic heterocycles. The van der Waals surface area contributed by atoms with E-state index in [0.717, 1.165) is 65.7 Å². The first-order valence-corrected chi connectivity index (χ1v) is 10.5. The van der Waals surface area contributed by atoms with Gasteiger partial charge in [0.15, 0.2) is 11.6 Å². The molecule has 0 spiro atoms. The SMILES string of the molecule is CCn1cc(C2C3=C(CCCC3=O)N(C)C3=C2C(=O)CCC3)c2ccccc21. The number of nitrogens with zero attached hydrogens (tertiary/aromatic N) is 2. The molecule has 0 atom stereocenters. The van der Waals surface area contributed by atoms with Crippen LogP contribution in [0, 0.1) is 0 Å². The molecule has 3 aliphatic rings. The molecule has 4 nitrogen and oxygen atoms in total. The Hall–Kier alpha value is -2.62. The minimum atomic E-state index is -0.209. The summed E-state index contributed by atoms with van der Waals surface area (Å²) in [7, 11) is 2.05. The Kier molecular flexibility index (Phi) is 4.04. The fourth-order valence-electron chi connectivity index (χ4n) is 5.43. The van der Waals surface area contributed by atoms with Crippen LogP contribution in [0.5, 0.6) is 0 Å². The van der Waals surface area contributed by atoms with Gasteiger partial charge in [0, 0.05) is 72.0 Å². The topological polar surface area (TPSA) is 42.3 Å². The quantitative estimate of drug-likeness (QED) is 0.765. The number of para-hydroxylation sites is 1. The molecule has 5 rings (SSSR count). The highest BCUT2D eigenvalue weighted by atomic mass is 16.1. The van der Waals surface area contributed by atoms with Crippen LogP contribution in [0.3, 0.4) is 0 Å². The number of fused-ring (bicyclic) bond motifs is 1. The first-order chi connectivity index (χ1) is 13.6. The molecule has 2 aliphatic carbocycles. The zero-order chi connectivity index (χ0) is 19.4. The van der Waals surface area contributed by atoms with E-state index in [1.165, 1.54) is 5.52 Å². The van der Waals surface area contributed by atoms with Gasteiger partial charge < -0.3 is 9.47 Å². The average molecular weight is 374 g/mol. The number of ketones is 2. The Labute approximate surface area is 165 Å². The summed E-state index contributed by atoms with van der Waals surface area (Å²) in [6, 6.07) is 8.38. The maximum absolute atomic E-state index is 13.1. The van der Waals surface area contributed by atoms with E-state index in [-0.39, 0.29) is 17.5 Å². The molecule has 4 heteroatoms. The molecule has 1 aromatic heterocycles. The highest BCUT2D eigenvalue weighted by Crippen LogP contribution is 2.49. The molecule has 0 bridgehead atoms. The molecular weight excluding hydrogens is 348 g/mol. The molecule has 2 aromatic rings. The smallest absolute Gasteiger partial charge is 0.161 e. The number of hydrogen-bond donors (Lipinski definition) is 0. The number of carbonyl (C=O) groups is 2. The number of benzene rings is 1. The minimum absolute atomic E-state index is 0.209. The van der Waals surface area contributed by atoms with Gasteiger partial charge in [0.1, 0.15) is 0 Å². The molecule has 0 fully saturated rings. The van der Waals surface area contributed by atoms with Gasteiger partial charge in [-0.3, -0.25) is 9.59 Å². The lowest BCUT2D eigenvalue weighted by atomic mass is 9.71. The number of hydrogen-bond acceptors (Lipinski definition) is 3. The Morgan fingerprint density at radius 3 is 2.14 bits per heavy atom. The van der Waals surface area contributed by atoms with E-state index in [4.69, 9.17) is 0 Å². The average Bonchev–Trinajstić information content (AvgIpc) is 3.08. The monoisotopic (exact) mass is 374 g/mol. The molecule has 2 heterocycles. The number of allylic oxidation sites excluding steroid dienone is 4. The second kappa shape index (κ2) is 6.47. The predicted octanol–water partition coefficient (Wildman–Crippen LogP) is 4.70. The standard InChI is InChI=1S/C24H26N2O2/c1-3-26-14-16(15-8-4-5-9-17(15)26)22-23-18(10-6-12-20(23)27)25(2)19-11-7-13-21(28)24(19)22/h4-5,8-9,14,22H,3,6-7,10-13H2,1-2H3. The maximum Gasteiger partial charge on any atom is 0.161 e. The number of carbonyl (C=O) groups excluding carboxylic acids is 2. The third-order valence-electron chi connectivity index (χ3n) is 6.72. The highest BCUT2D eigenvalue weighted by Gasteiger charge is 2.43. The van der Waals surface area contributed by atoms with Crippen molar-refractivity contribution >= 4 is 22.5 Å². The van der Waals surface area contributed by atoms with Crippen molar-refractivity contribution in [3.05, 3.63) is 58.6 Å². The third-order valence-corrected chi connectivity index (χ3v) is 6.72. The van der Waals surface area contributed by atoms with Crippen LogP contribution in [0.25, 0.3) is 10.9 Å². The lowest BCUT2D eigenvalue weighted by Crippen LogP contribution is -2.37. The molecule has 0 saturated heterocycles. The summed E-state index contributed by atoms with van der Waals surface area (Å²) < 4.78 is 2.24. The summed E-state index contributed by atoms with van der Waals surface area (Å²) in [4.78, 5) is 28.4. The molecule has 28 heavy (non-hydrogen) atoms. The first-order valence-electron chi connectivity index (χ1n) is 10.5. The molecule has 0 saturated carbocycles. The van der Waals surface area contributed by atoms with Crippen molar-refractivity contribution in [2.24, 2.45) is 0 Å². The number of rotatable bonds is 2. The van der Waals surface area contributed by atoms with Crippen molar-refractivity contribution in [2.45, 2.75) is 57.9 Å². The predicted molar refractivity (Wildman–Crippen MR) is 110 cm³/mol. The molecule has 0 amide bonds. The van der Waals surface area contributed by atoms with Gasteiger partial charge >= 0.3 is 0 Å². The minimum Gasteiger partial charge on any atom is -0.351 e. The lowest BCUT2D eigenvalue weighted by Gasteiger charge is -2.42. The molecule has 0 N–H and O–H groups in total. The van der Waals surface area contributed by atoms with Gasteiger partial charge in [0.25, 0.3) is 0 Å². The van der Waals surface area contributed by atoms with Crippen LogP contribution in [0.15, 0.2) is 53.0 Å². The fraction of sp³-hybridized carbons (Fsp3) is 0.417. The van der Waals surface area contributed by atoms with Crippen LogP contribution in [-0.4, -0.2) is 28.1 Å². The molecule has 144 valence electrons. The molecular formula is C24H26N2O2. The molecule has 0 radical (unpaired) electrons. The van der Waals surface area contributed by atoms with Gasteiger partial charge in [-0.05, 0) is 44.2 Å². The van der Waals surface area contributed by atoms with Gasteiger partial charge in [-0.1, -0.05) is 18.2 Å². The van der Waals surface area contributed by atoms with Crippen LogP contribution >= 0.6 is 0 Å². The van der Waals surface area contributed by atoms with Crippen molar-refractivity contribution in [3.63, 3.8) is 0 Å². The first kappa shape index (κ1) is 17.5. The van der Waals surface area contributed by atoms with E-state index in [1.807, 2.05) is 7.05 Å². The van der Waals surface area contributed by atoms with Gasteiger partial charge in [0.2, 0.25) is 0 Å². The summed E-state index contributed by atoms with van der Waals surface area (Å²) in [6.07, 6.45) is 7.01. The Bertz CT molecular complexity index is 1030. The van der Waals surface area contributed by atoms with E-state index in [2.05, 4.69) is 46.9 Å². The van der Waals surface area contributed by atoms with Crippen molar-refractivity contribution in [2.75, 3.05) is 7.05 Å². The van der Waals surface area contributed by atoms with Crippen LogP contribution in [-0.2, 0) is 16.1 Å². The Morgan fingerprint density at radius 1 is 0.929 bits per heavy atom. The summed E-state index contributed by atoms with van der Waals surface area (Å²) in [5, 5.41) is 1.16. The summed E-state index contributed by atoms with van der Waals surface area (Å²) >= 11 is 0. The van der Waals surface area contributed by atoms with Crippen LogP contribution < -0.4 is 0 Å². The van der Waals surface area contributed by atoms with E-state index < -0.39 is 0 Å². The van der Waals surface area contributed by atoms with Gasteiger partial charge in [0.05, 0.1) is 0 Å². The van der Waals surface area contributed by atoms with Crippen LogP contribution in [0.1, 0.15) is 56.9 Å². The number of aromatic nitrogens is 1.